The van der Waals surface area contributed by atoms with Crippen molar-refractivity contribution in [2.75, 3.05) is 29.4 Å². The third kappa shape index (κ3) is 3.02. The van der Waals surface area contributed by atoms with Crippen molar-refractivity contribution in [3.8, 4) is 5.82 Å². The van der Waals surface area contributed by atoms with E-state index in [4.69, 9.17) is 0 Å². The molecule has 1 unspecified atom stereocenters. The van der Waals surface area contributed by atoms with Gasteiger partial charge < -0.3 is 9.80 Å². The summed E-state index contributed by atoms with van der Waals surface area (Å²) in [5, 5.41) is 12.8. The number of amides is 1. The molecule has 3 aromatic rings. The molecule has 0 aliphatic carbocycles. The molecule has 1 saturated heterocycles. The van der Waals surface area contributed by atoms with E-state index in [0.717, 1.165) is 43.9 Å². The van der Waals surface area contributed by atoms with E-state index in [1.54, 1.807) is 10.9 Å². The van der Waals surface area contributed by atoms with Gasteiger partial charge in [-0.05, 0) is 49.1 Å². The van der Waals surface area contributed by atoms with Crippen molar-refractivity contribution in [2.24, 2.45) is 5.92 Å². The zero-order valence-corrected chi connectivity index (χ0v) is 15.6. The summed E-state index contributed by atoms with van der Waals surface area (Å²) in [6.07, 6.45) is 6.40. The first-order valence-corrected chi connectivity index (χ1v) is 9.77. The average molecular weight is 374 g/mol. The molecule has 5 rings (SSSR count). The van der Waals surface area contributed by atoms with Gasteiger partial charge in [0.2, 0.25) is 5.91 Å². The van der Waals surface area contributed by atoms with Crippen LogP contribution < -0.4 is 9.80 Å². The second kappa shape index (κ2) is 7.07. The summed E-state index contributed by atoms with van der Waals surface area (Å²) in [6.45, 7) is 2.37. The fourth-order valence-corrected chi connectivity index (χ4v) is 4.19. The number of hydrogen-bond donors (Lipinski definition) is 0. The number of carbonyl (C=O) groups excluding carboxylic acids is 1. The fraction of sp³-hybridized carbons (Fsp3) is 0.333. The number of rotatable bonds is 3. The number of para-hydroxylation sites is 1. The Balaban J connectivity index is 1.31. The fourth-order valence-electron chi connectivity index (χ4n) is 4.19. The zero-order valence-electron chi connectivity index (χ0n) is 15.6. The van der Waals surface area contributed by atoms with E-state index in [0.29, 0.717) is 12.4 Å². The van der Waals surface area contributed by atoms with Crippen molar-refractivity contribution in [3.05, 3.63) is 60.4 Å². The number of aromatic nitrogens is 4. The minimum absolute atomic E-state index is 0.00695. The first-order valence-electron chi connectivity index (χ1n) is 9.77. The lowest BCUT2D eigenvalue weighted by Crippen LogP contribution is -2.45. The Morgan fingerprint density at radius 2 is 1.86 bits per heavy atom. The number of hydrogen-bond acceptors (Lipinski definition) is 5. The molecule has 1 atom stereocenters. The molecule has 0 bridgehead atoms. The van der Waals surface area contributed by atoms with Gasteiger partial charge in [0.05, 0.1) is 5.92 Å². The SMILES string of the molecule is O=C(C1CCCN(c2ccc(-n3cccn3)nn2)C1)N1CCc2ccccc21. The minimum Gasteiger partial charge on any atom is -0.354 e. The van der Waals surface area contributed by atoms with E-state index >= 15 is 0 Å². The molecule has 4 heterocycles. The molecule has 0 N–H and O–H groups in total. The van der Waals surface area contributed by atoms with Gasteiger partial charge in [0.25, 0.3) is 0 Å². The van der Waals surface area contributed by atoms with Crippen LogP contribution in [0.2, 0.25) is 0 Å². The molecule has 7 heteroatoms. The summed E-state index contributed by atoms with van der Waals surface area (Å²) < 4.78 is 1.68. The maximum Gasteiger partial charge on any atom is 0.231 e. The lowest BCUT2D eigenvalue weighted by Gasteiger charge is -2.34. The molecule has 0 saturated carbocycles. The summed E-state index contributed by atoms with van der Waals surface area (Å²) in [5.74, 6) is 1.73. The highest BCUT2D eigenvalue weighted by molar-refractivity contribution is 5.97. The lowest BCUT2D eigenvalue weighted by atomic mass is 9.96. The molecule has 2 aliphatic heterocycles. The molecule has 28 heavy (non-hydrogen) atoms. The van der Waals surface area contributed by atoms with Gasteiger partial charge in [0.15, 0.2) is 11.6 Å². The van der Waals surface area contributed by atoms with Gasteiger partial charge in [-0.2, -0.15) is 5.10 Å². The quantitative estimate of drug-likeness (QED) is 0.705. The van der Waals surface area contributed by atoms with E-state index in [-0.39, 0.29) is 11.8 Å². The van der Waals surface area contributed by atoms with Crippen LogP contribution in [0.3, 0.4) is 0 Å². The Kier molecular flexibility index (Phi) is 4.27. The molecule has 0 radical (unpaired) electrons. The Labute approximate surface area is 163 Å². The normalized spacial score (nSPS) is 18.9. The van der Waals surface area contributed by atoms with Crippen LogP contribution in [0.1, 0.15) is 18.4 Å². The average Bonchev–Trinajstić information content (AvgIpc) is 3.44. The van der Waals surface area contributed by atoms with Crippen LogP contribution in [0.4, 0.5) is 11.5 Å². The van der Waals surface area contributed by atoms with Crippen molar-refractivity contribution in [2.45, 2.75) is 19.3 Å². The maximum absolute atomic E-state index is 13.2. The molecular weight excluding hydrogens is 352 g/mol. The van der Waals surface area contributed by atoms with E-state index < -0.39 is 0 Å². The third-order valence-electron chi connectivity index (χ3n) is 5.62. The van der Waals surface area contributed by atoms with Crippen molar-refractivity contribution < 1.29 is 4.79 Å². The summed E-state index contributed by atoms with van der Waals surface area (Å²) in [7, 11) is 0. The molecule has 0 spiro atoms. The molecular formula is C21H22N6O. The van der Waals surface area contributed by atoms with Crippen LogP contribution in [0, 0.1) is 5.92 Å². The highest BCUT2D eigenvalue weighted by Crippen LogP contribution is 2.31. The minimum atomic E-state index is -0.00695. The monoisotopic (exact) mass is 374 g/mol. The van der Waals surface area contributed by atoms with E-state index in [1.807, 2.05) is 41.4 Å². The molecule has 2 aromatic heterocycles. The zero-order chi connectivity index (χ0) is 18.9. The smallest absolute Gasteiger partial charge is 0.231 e. The Morgan fingerprint density at radius 3 is 2.68 bits per heavy atom. The highest BCUT2D eigenvalue weighted by Gasteiger charge is 2.33. The van der Waals surface area contributed by atoms with Gasteiger partial charge in [0.1, 0.15) is 0 Å². The molecule has 7 nitrogen and oxygen atoms in total. The van der Waals surface area contributed by atoms with Crippen molar-refractivity contribution >= 4 is 17.4 Å². The molecule has 1 amide bonds. The van der Waals surface area contributed by atoms with Crippen LogP contribution in [-0.4, -0.2) is 45.5 Å². The Bertz CT molecular complexity index is 969. The van der Waals surface area contributed by atoms with Crippen LogP contribution in [-0.2, 0) is 11.2 Å². The summed E-state index contributed by atoms with van der Waals surface area (Å²) in [4.78, 5) is 17.3. The molecule has 142 valence electrons. The predicted octanol–water partition coefficient (Wildman–Crippen LogP) is 2.47. The number of anilines is 2. The Hall–Kier alpha value is -3.22. The van der Waals surface area contributed by atoms with Gasteiger partial charge in [0, 0.05) is 37.7 Å². The third-order valence-corrected chi connectivity index (χ3v) is 5.62. The first kappa shape index (κ1) is 16.9. The number of piperidine rings is 1. The molecule has 2 aliphatic rings. The van der Waals surface area contributed by atoms with Crippen LogP contribution >= 0.6 is 0 Å². The Morgan fingerprint density at radius 1 is 1.00 bits per heavy atom. The van der Waals surface area contributed by atoms with Crippen molar-refractivity contribution in [3.63, 3.8) is 0 Å². The second-order valence-electron chi connectivity index (χ2n) is 7.35. The molecule has 1 fully saturated rings. The highest BCUT2D eigenvalue weighted by atomic mass is 16.2. The number of nitrogens with zero attached hydrogens (tertiary/aromatic N) is 6. The molecule has 1 aromatic carbocycles. The van der Waals surface area contributed by atoms with Gasteiger partial charge in [-0.1, -0.05) is 18.2 Å². The lowest BCUT2D eigenvalue weighted by molar-refractivity contribution is -0.122. The number of fused-ring (bicyclic) bond motifs is 1. The second-order valence-corrected chi connectivity index (χ2v) is 7.35. The van der Waals surface area contributed by atoms with E-state index in [2.05, 4.69) is 32.3 Å². The summed E-state index contributed by atoms with van der Waals surface area (Å²) in [6, 6.07) is 14.0. The van der Waals surface area contributed by atoms with Crippen LogP contribution in [0.25, 0.3) is 5.82 Å². The van der Waals surface area contributed by atoms with Gasteiger partial charge >= 0.3 is 0 Å². The topological polar surface area (TPSA) is 67.2 Å². The largest absolute Gasteiger partial charge is 0.354 e. The van der Waals surface area contributed by atoms with Crippen LogP contribution in [0.5, 0.6) is 0 Å². The van der Waals surface area contributed by atoms with Gasteiger partial charge in [-0.25, -0.2) is 4.68 Å². The standard InChI is InChI=1S/C21H22N6O/c28-21(26-14-10-16-5-1-2-7-18(16)26)17-6-3-12-25(15-17)19-8-9-20(24-23-19)27-13-4-11-22-27/h1-2,4-5,7-9,11,13,17H,3,6,10,12,14-15H2. The van der Waals surface area contributed by atoms with E-state index in [1.165, 1.54) is 5.56 Å². The van der Waals surface area contributed by atoms with Crippen LogP contribution in [0.15, 0.2) is 54.9 Å². The maximum atomic E-state index is 13.2. The summed E-state index contributed by atoms with van der Waals surface area (Å²) >= 11 is 0. The van der Waals surface area contributed by atoms with Crippen molar-refractivity contribution in [1.29, 1.82) is 0 Å². The van der Waals surface area contributed by atoms with Crippen molar-refractivity contribution in [1.82, 2.24) is 20.0 Å². The van der Waals surface area contributed by atoms with E-state index in [9.17, 15) is 4.79 Å². The van der Waals surface area contributed by atoms with Gasteiger partial charge in [-0.15, -0.1) is 10.2 Å². The predicted molar refractivity (Wildman–Crippen MR) is 107 cm³/mol. The van der Waals surface area contributed by atoms with Gasteiger partial charge in [-0.3, -0.25) is 4.79 Å². The first-order chi connectivity index (χ1) is 13.8. The summed E-state index contributed by atoms with van der Waals surface area (Å²) in [5.41, 5.74) is 2.34. The number of carbonyl (C=O) groups is 1. The number of benzene rings is 1.